The number of halogens is 1. The van der Waals surface area contributed by atoms with Crippen molar-refractivity contribution in [2.24, 2.45) is 0 Å². The molecule has 1 heterocycles. The first kappa shape index (κ1) is 16.3. The van der Waals surface area contributed by atoms with E-state index < -0.39 is 0 Å². The maximum absolute atomic E-state index is 11.5. The number of nitrogens with one attached hydrogen (secondary N) is 1. The highest BCUT2D eigenvalue weighted by molar-refractivity contribution is 6.17. The summed E-state index contributed by atoms with van der Waals surface area (Å²) in [7, 11) is 0. The van der Waals surface area contributed by atoms with E-state index in [1.807, 2.05) is 0 Å². The third kappa shape index (κ3) is 6.06. The topological polar surface area (TPSA) is 32.3 Å². The van der Waals surface area contributed by atoms with Crippen molar-refractivity contribution in [3.63, 3.8) is 0 Å². The molecule has 116 valence electrons. The molecule has 1 amide bonds. The minimum Gasteiger partial charge on any atom is -0.352 e. The molecule has 1 aliphatic heterocycles. The van der Waals surface area contributed by atoms with Gasteiger partial charge >= 0.3 is 0 Å². The lowest BCUT2D eigenvalue weighted by Gasteiger charge is -2.26. The molecular formula is C17H25ClN2O. The number of likely N-dealkylation sites (tertiary alicyclic amines) is 1. The quantitative estimate of drug-likeness (QED) is 0.784. The summed E-state index contributed by atoms with van der Waals surface area (Å²) < 4.78 is 0. The van der Waals surface area contributed by atoms with Crippen LogP contribution in [0.3, 0.4) is 0 Å². The van der Waals surface area contributed by atoms with Crippen molar-refractivity contribution >= 4 is 17.5 Å². The van der Waals surface area contributed by atoms with Crippen molar-refractivity contribution in [3.8, 4) is 0 Å². The van der Waals surface area contributed by atoms with Crippen molar-refractivity contribution in [1.82, 2.24) is 10.2 Å². The molecule has 2 rings (SSSR count). The van der Waals surface area contributed by atoms with E-state index in [4.69, 9.17) is 11.6 Å². The molecule has 1 aliphatic rings. The lowest BCUT2D eigenvalue weighted by molar-refractivity contribution is -0.121. The summed E-state index contributed by atoms with van der Waals surface area (Å²) in [5, 5.41) is 2.93. The fraction of sp³-hybridized carbons (Fsp3) is 0.588. The molecule has 0 unspecified atom stereocenters. The van der Waals surface area contributed by atoms with Gasteiger partial charge in [0.05, 0.1) is 0 Å². The second-order valence-corrected chi connectivity index (χ2v) is 6.10. The van der Waals surface area contributed by atoms with Crippen LogP contribution in [0.2, 0.25) is 0 Å². The summed E-state index contributed by atoms with van der Waals surface area (Å²) >= 11 is 5.58. The third-order valence-corrected chi connectivity index (χ3v) is 4.17. The molecule has 0 aliphatic carbocycles. The Kier molecular flexibility index (Phi) is 7.04. The number of carbonyl (C=O) groups excluding carboxylic acids is 1. The summed E-state index contributed by atoms with van der Waals surface area (Å²) in [5.74, 6) is 0.617. The van der Waals surface area contributed by atoms with Gasteiger partial charge in [-0.15, -0.1) is 11.6 Å². The number of carbonyl (C=O) groups is 1. The van der Waals surface area contributed by atoms with Crippen molar-refractivity contribution in [2.45, 2.75) is 45.2 Å². The highest BCUT2D eigenvalue weighted by Gasteiger charge is 2.10. The number of hydrogen-bond donors (Lipinski definition) is 1. The second kappa shape index (κ2) is 9.06. The molecule has 1 aromatic rings. The molecular weight excluding hydrogens is 284 g/mol. The number of benzene rings is 1. The van der Waals surface area contributed by atoms with Gasteiger partial charge in [0.1, 0.15) is 0 Å². The first-order chi connectivity index (χ1) is 10.3. The Labute approximate surface area is 132 Å². The van der Waals surface area contributed by atoms with Crippen LogP contribution in [0.4, 0.5) is 0 Å². The number of rotatable bonds is 7. The Balaban J connectivity index is 1.74. The lowest BCUT2D eigenvalue weighted by atomic mass is 10.1. The molecule has 0 spiro atoms. The molecule has 0 bridgehead atoms. The summed E-state index contributed by atoms with van der Waals surface area (Å²) in [6, 6.07) is 8.58. The van der Waals surface area contributed by atoms with Crippen LogP contribution in [0.1, 0.15) is 43.2 Å². The van der Waals surface area contributed by atoms with Crippen LogP contribution >= 0.6 is 11.6 Å². The number of alkyl halides is 1. The van der Waals surface area contributed by atoms with Crippen molar-refractivity contribution in [2.75, 3.05) is 19.0 Å². The zero-order valence-electron chi connectivity index (χ0n) is 12.6. The smallest absolute Gasteiger partial charge is 0.220 e. The largest absolute Gasteiger partial charge is 0.352 e. The van der Waals surface area contributed by atoms with Gasteiger partial charge in [-0.3, -0.25) is 9.69 Å². The average molecular weight is 309 g/mol. The highest BCUT2D eigenvalue weighted by Crippen LogP contribution is 2.13. The molecule has 4 heteroatoms. The Hall–Kier alpha value is -1.06. The van der Waals surface area contributed by atoms with Crippen LogP contribution in [0.25, 0.3) is 0 Å². The zero-order valence-corrected chi connectivity index (χ0v) is 13.4. The molecule has 1 saturated heterocycles. The maximum atomic E-state index is 11.5. The Bertz CT molecular complexity index is 427. The number of piperidine rings is 1. The van der Waals surface area contributed by atoms with E-state index in [0.717, 1.165) is 18.5 Å². The van der Waals surface area contributed by atoms with Gasteiger partial charge in [-0.2, -0.15) is 0 Å². The summed E-state index contributed by atoms with van der Waals surface area (Å²) in [4.78, 5) is 14.0. The van der Waals surface area contributed by atoms with Crippen LogP contribution in [0.15, 0.2) is 24.3 Å². The second-order valence-electron chi connectivity index (χ2n) is 5.72. The molecule has 21 heavy (non-hydrogen) atoms. The molecule has 0 aromatic heterocycles. The summed E-state index contributed by atoms with van der Waals surface area (Å²) in [6.07, 6.45) is 5.27. The monoisotopic (exact) mass is 308 g/mol. The minimum absolute atomic E-state index is 0.0769. The van der Waals surface area contributed by atoms with E-state index in [0.29, 0.717) is 18.8 Å². The molecule has 1 N–H and O–H groups in total. The van der Waals surface area contributed by atoms with E-state index in [9.17, 15) is 4.79 Å². The molecule has 1 aromatic carbocycles. The molecule has 0 atom stereocenters. The standard InChI is InChI=1S/C17H25ClN2O/c18-10-4-5-17(21)19-13-15-6-8-16(9-7-15)14-20-11-2-1-3-12-20/h6-9H,1-5,10-14H2,(H,19,21). The average Bonchev–Trinajstić information content (AvgIpc) is 2.53. The van der Waals surface area contributed by atoms with Gasteiger partial charge in [-0.05, 0) is 43.5 Å². The predicted molar refractivity (Wildman–Crippen MR) is 87.4 cm³/mol. The van der Waals surface area contributed by atoms with Crippen molar-refractivity contribution in [3.05, 3.63) is 35.4 Å². The minimum atomic E-state index is 0.0769. The Morgan fingerprint density at radius 2 is 1.76 bits per heavy atom. The van der Waals surface area contributed by atoms with E-state index in [1.54, 1.807) is 0 Å². The predicted octanol–water partition coefficient (Wildman–Crippen LogP) is 3.31. The van der Waals surface area contributed by atoms with Gasteiger partial charge in [-0.1, -0.05) is 30.7 Å². The fourth-order valence-corrected chi connectivity index (χ4v) is 2.79. The van der Waals surface area contributed by atoms with Crippen molar-refractivity contribution < 1.29 is 4.79 Å². The van der Waals surface area contributed by atoms with Crippen molar-refractivity contribution in [1.29, 1.82) is 0 Å². The van der Waals surface area contributed by atoms with E-state index in [1.165, 1.54) is 37.9 Å². The van der Waals surface area contributed by atoms with Crippen LogP contribution in [0, 0.1) is 0 Å². The lowest BCUT2D eigenvalue weighted by Crippen LogP contribution is -2.29. The summed E-state index contributed by atoms with van der Waals surface area (Å²) in [5.41, 5.74) is 2.51. The SMILES string of the molecule is O=C(CCCCl)NCc1ccc(CN2CCCCC2)cc1. The van der Waals surface area contributed by atoms with E-state index in [-0.39, 0.29) is 5.91 Å². The van der Waals surface area contributed by atoms with Gasteiger partial charge < -0.3 is 5.32 Å². The van der Waals surface area contributed by atoms with Gasteiger partial charge in [-0.25, -0.2) is 0 Å². The van der Waals surface area contributed by atoms with E-state index >= 15 is 0 Å². The Morgan fingerprint density at radius 3 is 2.43 bits per heavy atom. The molecule has 1 fully saturated rings. The molecule has 0 radical (unpaired) electrons. The van der Waals surface area contributed by atoms with Gasteiger partial charge in [0.2, 0.25) is 5.91 Å². The molecule has 0 saturated carbocycles. The van der Waals surface area contributed by atoms with Crippen LogP contribution in [-0.2, 0) is 17.9 Å². The van der Waals surface area contributed by atoms with Crippen LogP contribution in [0.5, 0.6) is 0 Å². The highest BCUT2D eigenvalue weighted by atomic mass is 35.5. The third-order valence-electron chi connectivity index (χ3n) is 3.90. The van der Waals surface area contributed by atoms with Gasteiger partial charge in [0.25, 0.3) is 0 Å². The van der Waals surface area contributed by atoms with Crippen LogP contribution in [-0.4, -0.2) is 29.8 Å². The van der Waals surface area contributed by atoms with Gasteiger partial charge in [0, 0.05) is 25.4 Å². The van der Waals surface area contributed by atoms with Gasteiger partial charge in [0.15, 0.2) is 0 Å². The normalized spacial score (nSPS) is 15.9. The first-order valence-corrected chi connectivity index (χ1v) is 8.44. The number of hydrogen-bond acceptors (Lipinski definition) is 2. The van der Waals surface area contributed by atoms with Crippen LogP contribution < -0.4 is 5.32 Å². The van der Waals surface area contributed by atoms with E-state index in [2.05, 4.69) is 34.5 Å². The first-order valence-electron chi connectivity index (χ1n) is 7.91. The zero-order chi connectivity index (χ0) is 14.9. The summed E-state index contributed by atoms with van der Waals surface area (Å²) in [6.45, 7) is 4.09. The molecule has 3 nitrogen and oxygen atoms in total. The maximum Gasteiger partial charge on any atom is 0.220 e. The Morgan fingerprint density at radius 1 is 1.10 bits per heavy atom. The number of amides is 1. The fourth-order valence-electron chi connectivity index (χ4n) is 2.65. The number of nitrogens with zero attached hydrogens (tertiary/aromatic N) is 1.